The zero-order valence-electron chi connectivity index (χ0n) is 19.2. The van der Waals surface area contributed by atoms with E-state index in [2.05, 4.69) is 18.1 Å². The predicted octanol–water partition coefficient (Wildman–Crippen LogP) is 5.89. The highest BCUT2D eigenvalue weighted by molar-refractivity contribution is 8.45. The van der Waals surface area contributed by atoms with E-state index in [1.807, 2.05) is 6.92 Å². The lowest BCUT2D eigenvalue weighted by molar-refractivity contribution is -0.123. The van der Waals surface area contributed by atoms with Gasteiger partial charge in [-0.1, -0.05) is 38.2 Å². The van der Waals surface area contributed by atoms with Crippen LogP contribution in [0, 0.1) is 0 Å². The van der Waals surface area contributed by atoms with Crippen molar-refractivity contribution in [2.75, 3.05) is 4.90 Å². The average molecular weight is 504 g/mol. The molecule has 2 heterocycles. The molecule has 0 atom stereocenters. The maximum absolute atomic E-state index is 13.1. The smallest absolute Gasteiger partial charge is 0.305 e. The van der Waals surface area contributed by atoms with Crippen LogP contribution in [-0.4, -0.2) is 27.4 Å². The molecular formula is C23H26F5N3O2S. The zero-order chi connectivity index (χ0) is 26.2. The molecule has 3 rings (SSSR count). The van der Waals surface area contributed by atoms with Crippen molar-refractivity contribution in [3.63, 3.8) is 0 Å². The van der Waals surface area contributed by atoms with Crippen LogP contribution in [0.4, 0.5) is 29.9 Å². The molecule has 0 aliphatic carbocycles. The fraction of sp³-hybridized carbons (Fsp3) is 0.261. The Labute approximate surface area is 194 Å². The van der Waals surface area contributed by atoms with E-state index in [-0.39, 0.29) is 24.4 Å². The first-order valence-electron chi connectivity index (χ1n) is 10.1. The van der Waals surface area contributed by atoms with Crippen LogP contribution in [0.25, 0.3) is 12.7 Å². The first-order chi connectivity index (χ1) is 15.4. The van der Waals surface area contributed by atoms with E-state index in [1.165, 1.54) is 24.9 Å². The molecule has 11 heteroatoms. The van der Waals surface area contributed by atoms with Gasteiger partial charge in [0.05, 0.1) is 11.0 Å². The van der Waals surface area contributed by atoms with Crippen molar-refractivity contribution in [2.24, 2.45) is 0 Å². The summed E-state index contributed by atoms with van der Waals surface area (Å²) in [5, 5.41) is 1.18. The van der Waals surface area contributed by atoms with Crippen molar-refractivity contribution in [3.05, 3.63) is 65.3 Å². The van der Waals surface area contributed by atoms with E-state index in [4.69, 9.17) is 0 Å². The molecule has 1 aliphatic rings. The fourth-order valence-electron chi connectivity index (χ4n) is 3.40. The first kappa shape index (κ1) is 27.0. The van der Waals surface area contributed by atoms with Crippen molar-refractivity contribution in [2.45, 2.75) is 44.7 Å². The van der Waals surface area contributed by atoms with Gasteiger partial charge in [0.15, 0.2) is 0 Å². The van der Waals surface area contributed by atoms with Gasteiger partial charge in [-0.15, -0.1) is 6.58 Å². The summed E-state index contributed by atoms with van der Waals surface area (Å²) < 4.78 is 64.9. The number of allylic oxidation sites excluding steroid dienone is 1. The Hall–Kier alpha value is -3.21. The number of hydrogen-bond donors (Lipinski definition) is 0. The van der Waals surface area contributed by atoms with E-state index in [0.717, 1.165) is 0 Å². The second-order valence-corrected chi connectivity index (χ2v) is 10.5. The standard InChI is InChI=1S/C20H20F5N3O2S.C3H6/c1-5-17-13(2)26-11-10-14(17)12-27-19(30)28(18(29)20(27,3)4)15-6-8-16(9-7-15)31(21,22,23,24)25;1-3-2/h5-11H,2,12H2,1,3-4H3;3H,1H2,2H3/b17-5+;. The summed E-state index contributed by atoms with van der Waals surface area (Å²) >= 11 is 0. The first-order valence-corrected chi connectivity index (χ1v) is 12.0. The molecule has 1 saturated heterocycles. The van der Waals surface area contributed by atoms with E-state index in [0.29, 0.717) is 33.2 Å². The molecule has 1 aromatic heterocycles. The minimum Gasteiger partial charge on any atom is -0.305 e. The van der Waals surface area contributed by atoms with E-state index < -0.39 is 32.6 Å². The number of urea groups is 1. The number of halogens is 5. The van der Waals surface area contributed by atoms with Gasteiger partial charge < -0.3 is 4.90 Å². The predicted molar refractivity (Wildman–Crippen MR) is 125 cm³/mol. The number of carbonyl (C=O) groups is 2. The fourth-order valence-corrected chi connectivity index (χ4v) is 4.05. The molecule has 186 valence electrons. The van der Waals surface area contributed by atoms with Gasteiger partial charge in [-0.3, -0.25) is 9.78 Å². The monoisotopic (exact) mass is 503 g/mol. The summed E-state index contributed by atoms with van der Waals surface area (Å²) in [6.07, 6.45) is 5.02. The number of hydrogen-bond acceptors (Lipinski definition) is 3. The highest BCUT2D eigenvalue weighted by Gasteiger charge is 2.65. The van der Waals surface area contributed by atoms with Gasteiger partial charge in [-0.25, -0.2) is 9.69 Å². The van der Waals surface area contributed by atoms with Crippen LogP contribution >= 0.6 is 10.2 Å². The topological polar surface area (TPSA) is 53.5 Å². The van der Waals surface area contributed by atoms with Gasteiger partial charge in [-0.05, 0) is 63.6 Å². The molecule has 0 unspecified atom stereocenters. The van der Waals surface area contributed by atoms with Crippen LogP contribution in [-0.2, 0) is 11.3 Å². The number of amides is 3. The van der Waals surface area contributed by atoms with E-state index in [1.54, 1.807) is 25.1 Å². The summed E-state index contributed by atoms with van der Waals surface area (Å²) in [6, 6.07) is 2.62. The largest absolute Gasteiger partial charge is 0.332 e. The van der Waals surface area contributed by atoms with Crippen LogP contribution in [0.5, 0.6) is 0 Å². The van der Waals surface area contributed by atoms with E-state index >= 15 is 0 Å². The Morgan fingerprint density at radius 1 is 1.03 bits per heavy atom. The summed E-state index contributed by atoms with van der Waals surface area (Å²) in [4.78, 5) is 29.9. The molecule has 3 amide bonds. The SMILES string of the molecule is C=CC.C=c1nccc(CN2C(=O)N(c3ccc(S(F)(F)(F)(F)F)cc3)C(=O)C2(C)C)/c1=C/C. The molecule has 0 radical (unpaired) electrons. The van der Waals surface area contributed by atoms with Crippen LogP contribution in [0.15, 0.2) is 54.1 Å². The highest BCUT2D eigenvalue weighted by atomic mass is 32.5. The molecule has 2 aromatic rings. The van der Waals surface area contributed by atoms with Crippen molar-refractivity contribution < 1.29 is 29.0 Å². The molecular weight excluding hydrogens is 477 g/mol. The quantitative estimate of drug-likeness (QED) is 0.297. The number of carbonyl (C=O) groups excluding carboxylic acids is 2. The second kappa shape index (κ2) is 8.23. The zero-order valence-corrected chi connectivity index (χ0v) is 20.0. The summed E-state index contributed by atoms with van der Waals surface area (Å²) in [7, 11) is -9.87. The van der Waals surface area contributed by atoms with Crippen molar-refractivity contribution >= 4 is 40.5 Å². The molecule has 0 saturated carbocycles. The van der Waals surface area contributed by atoms with Crippen molar-refractivity contribution in [1.82, 2.24) is 9.88 Å². The molecule has 0 N–H and O–H groups in total. The Morgan fingerprint density at radius 3 is 2.03 bits per heavy atom. The second-order valence-electron chi connectivity index (χ2n) is 8.06. The minimum absolute atomic E-state index is 0.0162. The molecule has 0 spiro atoms. The lowest BCUT2D eigenvalue weighted by atomic mass is 10.0. The van der Waals surface area contributed by atoms with Gasteiger partial charge >= 0.3 is 16.3 Å². The Kier molecular flexibility index (Phi) is 6.54. The highest BCUT2D eigenvalue weighted by Crippen LogP contribution is 3.02. The number of aromatic nitrogens is 1. The van der Waals surface area contributed by atoms with Crippen LogP contribution in [0.2, 0.25) is 0 Å². The van der Waals surface area contributed by atoms with Crippen LogP contribution in [0.3, 0.4) is 0 Å². The summed E-state index contributed by atoms with van der Waals surface area (Å²) in [5.41, 5.74) is -0.883. The molecule has 0 bridgehead atoms. The van der Waals surface area contributed by atoms with Gasteiger partial charge in [0, 0.05) is 18.0 Å². The number of anilines is 1. The summed E-state index contributed by atoms with van der Waals surface area (Å²) in [5.74, 6) is -0.691. The molecule has 5 nitrogen and oxygen atoms in total. The average Bonchev–Trinajstić information content (AvgIpc) is 2.87. The van der Waals surface area contributed by atoms with Crippen LogP contribution < -0.4 is 15.5 Å². The molecule has 1 fully saturated rings. The van der Waals surface area contributed by atoms with Gasteiger partial charge in [-0.2, -0.15) is 0 Å². The maximum Gasteiger partial charge on any atom is 0.332 e. The molecule has 1 aromatic carbocycles. The molecule has 34 heavy (non-hydrogen) atoms. The van der Waals surface area contributed by atoms with Gasteiger partial charge in [0.1, 0.15) is 10.4 Å². The van der Waals surface area contributed by atoms with E-state index in [9.17, 15) is 29.0 Å². The third kappa shape index (κ3) is 5.30. The number of pyridine rings is 1. The third-order valence-corrected chi connectivity index (χ3v) is 6.31. The van der Waals surface area contributed by atoms with Gasteiger partial charge in [0.25, 0.3) is 5.91 Å². The Bertz CT molecular complexity index is 1240. The summed E-state index contributed by atoms with van der Waals surface area (Å²) in [6.45, 7) is 13.9. The number of nitrogens with zero attached hydrogens (tertiary/aromatic N) is 3. The van der Waals surface area contributed by atoms with Gasteiger partial charge in [0.2, 0.25) is 0 Å². The minimum atomic E-state index is -9.87. The number of rotatable bonds is 4. The third-order valence-electron chi connectivity index (χ3n) is 5.14. The lowest BCUT2D eigenvalue weighted by Crippen LogP contribution is -2.45. The Morgan fingerprint density at radius 2 is 1.56 bits per heavy atom. The van der Waals surface area contributed by atoms with Crippen molar-refractivity contribution in [3.8, 4) is 0 Å². The number of benzene rings is 1. The van der Waals surface area contributed by atoms with Crippen molar-refractivity contribution in [1.29, 1.82) is 0 Å². The Balaban J connectivity index is 0.00000129. The lowest BCUT2D eigenvalue weighted by Gasteiger charge is -2.40. The normalized spacial score (nSPS) is 18.2. The maximum atomic E-state index is 13.1. The number of imide groups is 1. The van der Waals surface area contributed by atoms with Crippen LogP contribution in [0.1, 0.15) is 33.3 Å². The molecule has 1 aliphatic heterocycles.